The number of aliphatic imine (C=N–C) groups is 1. The second-order valence-electron chi connectivity index (χ2n) is 7.53. The summed E-state index contributed by atoms with van der Waals surface area (Å²) in [7, 11) is 3.49. The molecule has 1 saturated heterocycles. The van der Waals surface area contributed by atoms with Gasteiger partial charge in [-0.2, -0.15) is 0 Å². The largest absolute Gasteiger partial charge is 0.495 e. The molecule has 0 aromatic heterocycles. The minimum absolute atomic E-state index is 0. The Labute approximate surface area is 205 Å². The first kappa shape index (κ1) is 24.4. The van der Waals surface area contributed by atoms with Gasteiger partial charge >= 0.3 is 0 Å². The molecular weight excluding hydrogens is 526 g/mol. The van der Waals surface area contributed by atoms with Gasteiger partial charge in [-0.15, -0.1) is 24.0 Å². The van der Waals surface area contributed by atoms with Gasteiger partial charge in [0.1, 0.15) is 17.3 Å². The van der Waals surface area contributed by atoms with Crippen molar-refractivity contribution >= 4 is 35.6 Å². The molecule has 2 aliphatic heterocycles. The van der Waals surface area contributed by atoms with Gasteiger partial charge in [0.15, 0.2) is 12.8 Å². The quantitative estimate of drug-likeness (QED) is 0.347. The Morgan fingerprint density at radius 3 is 2.72 bits per heavy atom. The lowest BCUT2D eigenvalue weighted by Gasteiger charge is -2.38. The highest BCUT2D eigenvalue weighted by Gasteiger charge is 2.22. The van der Waals surface area contributed by atoms with E-state index in [1.807, 2.05) is 18.2 Å². The highest BCUT2D eigenvalue weighted by atomic mass is 127. The summed E-state index contributed by atoms with van der Waals surface area (Å²) in [6.45, 7) is 4.70. The molecule has 2 aromatic carbocycles. The van der Waals surface area contributed by atoms with Gasteiger partial charge in [-0.3, -0.25) is 4.99 Å². The number of nitrogens with one attached hydrogen (secondary N) is 1. The van der Waals surface area contributed by atoms with Crippen molar-refractivity contribution in [2.75, 3.05) is 58.6 Å². The van der Waals surface area contributed by atoms with Gasteiger partial charge in [0.25, 0.3) is 0 Å². The first-order valence-corrected chi connectivity index (χ1v) is 10.5. The number of nitrogens with zero attached hydrogens (tertiary/aromatic N) is 3. The molecule has 4 rings (SSSR count). The van der Waals surface area contributed by atoms with E-state index in [0.717, 1.165) is 60.5 Å². The molecule has 1 fully saturated rings. The van der Waals surface area contributed by atoms with E-state index in [2.05, 4.69) is 26.2 Å². The van der Waals surface area contributed by atoms with Gasteiger partial charge in [0.2, 0.25) is 0 Å². The number of methoxy groups -OCH3 is 1. The van der Waals surface area contributed by atoms with Crippen molar-refractivity contribution in [1.29, 1.82) is 0 Å². The van der Waals surface area contributed by atoms with E-state index < -0.39 is 0 Å². The van der Waals surface area contributed by atoms with E-state index in [-0.39, 0.29) is 36.6 Å². The normalized spacial score (nSPS) is 16.0. The number of hydrogen-bond acceptors (Lipinski definition) is 5. The molecular formula is C23H30FIN4O3. The first-order chi connectivity index (χ1) is 15.2. The van der Waals surface area contributed by atoms with Crippen LogP contribution in [0.1, 0.15) is 11.1 Å². The Balaban J connectivity index is 0.00000289. The van der Waals surface area contributed by atoms with Crippen LogP contribution in [0.3, 0.4) is 0 Å². The standard InChI is InChI=1S/C23H29FN4O3.HI/c1-25-23(26-8-7-17-13-19(24)14-18-15-30-16-31-22(17)18)28-11-9-27(10-12-28)20-5-3-4-6-21(20)29-2;/h3-6,13-14H,7-12,15-16H2,1-2H3,(H,25,26);1H. The molecule has 0 amide bonds. The van der Waals surface area contributed by atoms with Crippen molar-refractivity contribution < 1.29 is 18.6 Å². The van der Waals surface area contributed by atoms with E-state index >= 15 is 0 Å². The summed E-state index contributed by atoms with van der Waals surface area (Å²) >= 11 is 0. The van der Waals surface area contributed by atoms with Gasteiger partial charge in [-0.25, -0.2) is 4.39 Å². The number of halogens is 2. The highest BCUT2D eigenvalue weighted by molar-refractivity contribution is 14.0. The number of guanidine groups is 1. The van der Waals surface area contributed by atoms with Crippen LogP contribution < -0.4 is 19.7 Å². The summed E-state index contributed by atoms with van der Waals surface area (Å²) in [5, 5.41) is 3.41. The fourth-order valence-electron chi connectivity index (χ4n) is 4.13. The molecule has 174 valence electrons. The van der Waals surface area contributed by atoms with Gasteiger partial charge < -0.3 is 29.3 Å². The number of para-hydroxylation sites is 2. The van der Waals surface area contributed by atoms with Gasteiger partial charge in [0.05, 0.1) is 19.4 Å². The Morgan fingerprint density at radius 2 is 1.97 bits per heavy atom. The second-order valence-corrected chi connectivity index (χ2v) is 7.53. The van der Waals surface area contributed by atoms with E-state index in [0.29, 0.717) is 19.6 Å². The van der Waals surface area contributed by atoms with Crippen LogP contribution in [0.5, 0.6) is 11.5 Å². The minimum Gasteiger partial charge on any atom is -0.495 e. The van der Waals surface area contributed by atoms with Crippen molar-refractivity contribution in [3.05, 3.63) is 53.3 Å². The van der Waals surface area contributed by atoms with Crippen molar-refractivity contribution in [3.8, 4) is 11.5 Å². The molecule has 0 radical (unpaired) electrons. The molecule has 0 aliphatic carbocycles. The monoisotopic (exact) mass is 556 g/mol. The predicted molar refractivity (Wildman–Crippen MR) is 134 cm³/mol. The first-order valence-electron chi connectivity index (χ1n) is 10.5. The number of hydrogen-bond donors (Lipinski definition) is 1. The van der Waals surface area contributed by atoms with Crippen LogP contribution in [0, 0.1) is 5.82 Å². The Bertz CT molecular complexity index is 935. The van der Waals surface area contributed by atoms with Crippen molar-refractivity contribution in [1.82, 2.24) is 10.2 Å². The highest BCUT2D eigenvalue weighted by Crippen LogP contribution is 2.30. The number of rotatable bonds is 5. The summed E-state index contributed by atoms with van der Waals surface area (Å²) < 4.78 is 30.3. The van der Waals surface area contributed by atoms with Gasteiger partial charge in [0, 0.05) is 45.3 Å². The summed E-state index contributed by atoms with van der Waals surface area (Å²) in [4.78, 5) is 9.02. The minimum atomic E-state index is -0.264. The van der Waals surface area contributed by atoms with Crippen molar-refractivity contribution in [2.24, 2.45) is 4.99 Å². The molecule has 0 spiro atoms. The molecule has 2 heterocycles. The third-order valence-electron chi connectivity index (χ3n) is 5.65. The zero-order valence-corrected chi connectivity index (χ0v) is 20.8. The van der Waals surface area contributed by atoms with Crippen molar-refractivity contribution in [2.45, 2.75) is 13.0 Å². The average Bonchev–Trinajstić information content (AvgIpc) is 2.82. The Kier molecular flexibility index (Phi) is 8.80. The molecule has 0 bridgehead atoms. The fraction of sp³-hybridized carbons (Fsp3) is 0.435. The van der Waals surface area contributed by atoms with E-state index in [1.54, 1.807) is 20.2 Å². The molecule has 1 N–H and O–H groups in total. The van der Waals surface area contributed by atoms with E-state index in [9.17, 15) is 4.39 Å². The zero-order chi connectivity index (χ0) is 21.6. The maximum absolute atomic E-state index is 14.0. The Hall–Kier alpha value is -2.27. The number of fused-ring (bicyclic) bond motifs is 1. The smallest absolute Gasteiger partial charge is 0.193 e. The van der Waals surface area contributed by atoms with E-state index in [1.165, 1.54) is 6.07 Å². The molecule has 2 aliphatic rings. The Morgan fingerprint density at radius 1 is 1.19 bits per heavy atom. The maximum Gasteiger partial charge on any atom is 0.193 e. The molecule has 0 atom stereocenters. The molecule has 32 heavy (non-hydrogen) atoms. The SMILES string of the molecule is CN=C(NCCc1cc(F)cc2c1OCOC2)N1CCN(c2ccccc2OC)CC1.I. The molecule has 9 heteroatoms. The molecule has 7 nitrogen and oxygen atoms in total. The third-order valence-corrected chi connectivity index (χ3v) is 5.65. The summed E-state index contributed by atoms with van der Waals surface area (Å²) in [5.41, 5.74) is 2.73. The molecule has 0 saturated carbocycles. The number of piperazine rings is 1. The van der Waals surface area contributed by atoms with Crippen LogP contribution in [0.25, 0.3) is 0 Å². The van der Waals surface area contributed by atoms with Crippen LogP contribution in [-0.4, -0.2) is 64.5 Å². The predicted octanol–water partition coefficient (Wildman–Crippen LogP) is 3.26. The number of anilines is 1. The van der Waals surface area contributed by atoms with Crippen LogP contribution in [0.2, 0.25) is 0 Å². The number of benzene rings is 2. The zero-order valence-electron chi connectivity index (χ0n) is 18.5. The summed E-state index contributed by atoms with van der Waals surface area (Å²) in [6.07, 6.45) is 0.639. The fourth-order valence-corrected chi connectivity index (χ4v) is 4.13. The van der Waals surface area contributed by atoms with Crippen LogP contribution in [0.4, 0.5) is 10.1 Å². The summed E-state index contributed by atoms with van der Waals surface area (Å²) in [5.74, 6) is 2.23. The van der Waals surface area contributed by atoms with E-state index in [4.69, 9.17) is 14.2 Å². The van der Waals surface area contributed by atoms with Crippen LogP contribution in [-0.2, 0) is 17.8 Å². The maximum atomic E-state index is 14.0. The lowest BCUT2D eigenvalue weighted by atomic mass is 10.1. The average molecular weight is 556 g/mol. The topological polar surface area (TPSA) is 58.6 Å². The summed E-state index contributed by atoms with van der Waals surface area (Å²) in [6, 6.07) is 11.1. The van der Waals surface area contributed by atoms with Crippen LogP contribution in [0.15, 0.2) is 41.4 Å². The lowest BCUT2D eigenvalue weighted by molar-refractivity contribution is -0.0172. The second kappa shape index (κ2) is 11.6. The molecule has 0 unspecified atom stereocenters. The van der Waals surface area contributed by atoms with Gasteiger partial charge in [-0.05, 0) is 36.2 Å². The van der Waals surface area contributed by atoms with Gasteiger partial charge in [-0.1, -0.05) is 12.1 Å². The van der Waals surface area contributed by atoms with Crippen molar-refractivity contribution in [3.63, 3.8) is 0 Å². The molecule has 2 aromatic rings. The number of ether oxygens (including phenoxy) is 3. The third kappa shape index (κ3) is 5.55. The van der Waals surface area contributed by atoms with Crippen LogP contribution >= 0.6 is 24.0 Å². The lowest BCUT2D eigenvalue weighted by Crippen LogP contribution is -2.52.